The van der Waals surface area contributed by atoms with Crippen molar-refractivity contribution in [1.29, 1.82) is 0 Å². The smallest absolute Gasteiger partial charge is 0.337 e. The molecular weight excluding hydrogens is 338 g/mol. The summed E-state index contributed by atoms with van der Waals surface area (Å²) in [5, 5.41) is 10.3. The molecule has 0 heterocycles. The van der Waals surface area contributed by atoms with Gasteiger partial charge in [-0.05, 0) is 43.7 Å². The number of nitrogens with zero attached hydrogens (tertiary/aromatic N) is 1. The molecule has 25 heavy (non-hydrogen) atoms. The van der Waals surface area contributed by atoms with E-state index in [4.69, 9.17) is 4.74 Å². The van der Waals surface area contributed by atoms with Crippen LogP contribution in [0, 0.1) is 0 Å². The number of rotatable bonds is 7. The second-order valence-corrected chi connectivity index (χ2v) is 6.11. The van der Waals surface area contributed by atoms with Crippen LogP contribution in [0.5, 0.6) is 0 Å². The Balaban J connectivity index is 0.00000312. The molecular formula is C20H26ClNO3. The van der Waals surface area contributed by atoms with Gasteiger partial charge >= 0.3 is 5.97 Å². The van der Waals surface area contributed by atoms with Crippen LogP contribution in [0.2, 0.25) is 0 Å². The molecule has 4 nitrogen and oxygen atoms in total. The van der Waals surface area contributed by atoms with Crippen LogP contribution in [0.25, 0.3) is 0 Å². The molecule has 0 fully saturated rings. The summed E-state index contributed by atoms with van der Waals surface area (Å²) in [6.07, 6.45) is 0.347. The number of hydrogen-bond donors (Lipinski definition) is 1. The number of aliphatic hydroxyl groups excluding tert-OH is 1. The van der Waals surface area contributed by atoms with Gasteiger partial charge in [0, 0.05) is 12.6 Å². The predicted molar refractivity (Wildman–Crippen MR) is 102 cm³/mol. The fourth-order valence-corrected chi connectivity index (χ4v) is 2.63. The van der Waals surface area contributed by atoms with Crippen LogP contribution in [0.1, 0.15) is 34.5 Å². The summed E-state index contributed by atoms with van der Waals surface area (Å²) < 4.78 is 4.71. The summed E-state index contributed by atoms with van der Waals surface area (Å²) >= 11 is 0. The number of likely N-dealkylation sites (N-methyl/N-ethyl adjacent to an activating group) is 1. The first kappa shape index (κ1) is 21.2. The molecule has 0 amide bonds. The van der Waals surface area contributed by atoms with Crippen molar-refractivity contribution >= 4 is 18.4 Å². The molecule has 2 aromatic rings. The number of benzene rings is 2. The SMILES string of the molecule is COC(=O)c1ccc(CC(C)N(C)C[C@@H](O)c2ccccc2)cc1.Cl. The summed E-state index contributed by atoms with van der Waals surface area (Å²) in [4.78, 5) is 13.6. The quantitative estimate of drug-likeness (QED) is 0.765. The van der Waals surface area contributed by atoms with E-state index in [9.17, 15) is 9.90 Å². The van der Waals surface area contributed by atoms with Crippen molar-refractivity contribution in [3.05, 3.63) is 71.3 Å². The van der Waals surface area contributed by atoms with E-state index in [0.29, 0.717) is 12.1 Å². The lowest BCUT2D eigenvalue weighted by Gasteiger charge is -2.27. The number of carbonyl (C=O) groups is 1. The summed E-state index contributed by atoms with van der Waals surface area (Å²) in [5.41, 5.74) is 2.64. The van der Waals surface area contributed by atoms with Gasteiger partial charge < -0.3 is 14.7 Å². The van der Waals surface area contributed by atoms with Gasteiger partial charge in [-0.3, -0.25) is 0 Å². The number of carbonyl (C=O) groups excluding carboxylic acids is 1. The molecule has 1 unspecified atom stereocenters. The lowest BCUT2D eigenvalue weighted by Crippen LogP contribution is -2.34. The molecule has 0 aromatic heterocycles. The zero-order valence-corrected chi connectivity index (χ0v) is 15.7. The Kier molecular flexibility index (Phi) is 8.62. The first-order valence-electron chi connectivity index (χ1n) is 8.11. The predicted octanol–water partition coefficient (Wildman–Crippen LogP) is 3.49. The van der Waals surface area contributed by atoms with E-state index in [1.807, 2.05) is 49.5 Å². The van der Waals surface area contributed by atoms with E-state index in [2.05, 4.69) is 11.8 Å². The molecule has 1 N–H and O–H groups in total. The molecule has 0 bridgehead atoms. The Morgan fingerprint density at radius 1 is 1.12 bits per heavy atom. The first-order valence-corrected chi connectivity index (χ1v) is 8.11. The van der Waals surface area contributed by atoms with Crippen LogP contribution in [0.15, 0.2) is 54.6 Å². The highest BCUT2D eigenvalue weighted by Gasteiger charge is 2.16. The molecule has 0 saturated carbocycles. The van der Waals surface area contributed by atoms with E-state index in [0.717, 1.165) is 17.5 Å². The molecule has 0 aliphatic heterocycles. The maximum atomic E-state index is 11.5. The lowest BCUT2D eigenvalue weighted by atomic mass is 10.0. The number of aliphatic hydroxyl groups is 1. The number of ether oxygens (including phenoxy) is 1. The van der Waals surface area contributed by atoms with Gasteiger partial charge in [0.15, 0.2) is 0 Å². The number of methoxy groups -OCH3 is 1. The summed E-state index contributed by atoms with van der Waals surface area (Å²) in [5.74, 6) is -0.322. The Bertz CT molecular complexity index is 646. The topological polar surface area (TPSA) is 49.8 Å². The standard InChI is InChI=1S/C20H25NO3.ClH/c1-15(13-16-9-11-18(12-10-16)20(23)24-3)21(2)14-19(22)17-7-5-4-6-8-17;/h4-12,15,19,22H,13-14H2,1-3H3;1H/t15?,19-;/m1./s1. The minimum atomic E-state index is -0.500. The Hall–Kier alpha value is -1.88. The summed E-state index contributed by atoms with van der Waals surface area (Å²) in [7, 11) is 3.39. The van der Waals surface area contributed by atoms with E-state index >= 15 is 0 Å². The van der Waals surface area contributed by atoms with E-state index in [1.165, 1.54) is 7.11 Å². The first-order chi connectivity index (χ1) is 11.5. The van der Waals surface area contributed by atoms with E-state index < -0.39 is 6.10 Å². The van der Waals surface area contributed by atoms with Crippen molar-refractivity contribution in [1.82, 2.24) is 4.90 Å². The maximum absolute atomic E-state index is 11.5. The van der Waals surface area contributed by atoms with Crippen LogP contribution in [0.4, 0.5) is 0 Å². The fraction of sp³-hybridized carbons (Fsp3) is 0.350. The zero-order valence-electron chi connectivity index (χ0n) is 14.9. The van der Waals surface area contributed by atoms with Gasteiger partial charge in [0.1, 0.15) is 0 Å². The molecule has 0 aliphatic carbocycles. The average molecular weight is 364 g/mol. The van der Waals surface area contributed by atoms with E-state index in [1.54, 1.807) is 12.1 Å². The third-order valence-electron chi connectivity index (χ3n) is 4.30. The number of halogens is 1. The van der Waals surface area contributed by atoms with Crippen molar-refractivity contribution in [2.75, 3.05) is 20.7 Å². The molecule has 2 rings (SSSR count). The highest BCUT2D eigenvalue weighted by Crippen LogP contribution is 2.16. The van der Waals surface area contributed by atoms with Crippen molar-refractivity contribution in [2.45, 2.75) is 25.5 Å². The summed E-state index contributed by atoms with van der Waals surface area (Å²) in [6, 6.07) is 17.4. The lowest BCUT2D eigenvalue weighted by molar-refractivity contribution is 0.0600. The van der Waals surface area contributed by atoms with Gasteiger partial charge in [0.05, 0.1) is 18.8 Å². The second-order valence-electron chi connectivity index (χ2n) is 6.11. The van der Waals surface area contributed by atoms with Crippen LogP contribution in [-0.2, 0) is 11.2 Å². The molecule has 0 spiro atoms. The van der Waals surface area contributed by atoms with Gasteiger partial charge in [0.2, 0.25) is 0 Å². The molecule has 2 aromatic carbocycles. The Morgan fingerprint density at radius 2 is 1.72 bits per heavy atom. The number of hydrogen-bond acceptors (Lipinski definition) is 4. The van der Waals surface area contributed by atoms with Gasteiger partial charge in [-0.15, -0.1) is 12.4 Å². The molecule has 0 saturated heterocycles. The van der Waals surface area contributed by atoms with Crippen LogP contribution < -0.4 is 0 Å². The summed E-state index contributed by atoms with van der Waals surface area (Å²) in [6.45, 7) is 2.71. The fourth-order valence-electron chi connectivity index (χ4n) is 2.63. The third-order valence-corrected chi connectivity index (χ3v) is 4.30. The monoisotopic (exact) mass is 363 g/mol. The number of esters is 1. The largest absolute Gasteiger partial charge is 0.465 e. The third kappa shape index (κ3) is 6.16. The molecule has 0 aliphatic rings. The minimum absolute atomic E-state index is 0. The van der Waals surface area contributed by atoms with Gasteiger partial charge in [-0.25, -0.2) is 4.79 Å². The highest BCUT2D eigenvalue weighted by molar-refractivity contribution is 5.89. The Morgan fingerprint density at radius 3 is 2.28 bits per heavy atom. The van der Waals surface area contributed by atoms with Crippen LogP contribution >= 0.6 is 12.4 Å². The maximum Gasteiger partial charge on any atom is 0.337 e. The Labute approximate surface area is 155 Å². The minimum Gasteiger partial charge on any atom is -0.465 e. The van der Waals surface area contributed by atoms with Gasteiger partial charge in [-0.1, -0.05) is 42.5 Å². The average Bonchev–Trinajstić information content (AvgIpc) is 2.62. The van der Waals surface area contributed by atoms with Gasteiger partial charge in [0.25, 0.3) is 0 Å². The molecule has 0 radical (unpaired) electrons. The second kappa shape index (κ2) is 10.2. The van der Waals surface area contributed by atoms with Crippen molar-refractivity contribution in [3.8, 4) is 0 Å². The zero-order chi connectivity index (χ0) is 17.5. The van der Waals surface area contributed by atoms with Crippen molar-refractivity contribution < 1.29 is 14.6 Å². The van der Waals surface area contributed by atoms with Crippen molar-refractivity contribution in [2.24, 2.45) is 0 Å². The van der Waals surface area contributed by atoms with Gasteiger partial charge in [-0.2, -0.15) is 0 Å². The van der Waals surface area contributed by atoms with Crippen LogP contribution in [-0.4, -0.2) is 42.7 Å². The van der Waals surface area contributed by atoms with E-state index in [-0.39, 0.29) is 24.4 Å². The highest BCUT2D eigenvalue weighted by atomic mass is 35.5. The van der Waals surface area contributed by atoms with Crippen molar-refractivity contribution in [3.63, 3.8) is 0 Å². The normalized spacial score (nSPS) is 13.0. The molecule has 2 atom stereocenters. The molecule has 5 heteroatoms. The molecule has 136 valence electrons. The van der Waals surface area contributed by atoms with Crippen LogP contribution in [0.3, 0.4) is 0 Å².